The highest BCUT2D eigenvalue weighted by molar-refractivity contribution is 6.30. The maximum Gasteiger partial charge on any atom is 0.261 e. The number of fused-ring (bicyclic) bond motifs is 1. The normalized spacial score (nSPS) is 11.0. The number of anilines is 1. The van der Waals surface area contributed by atoms with Crippen LogP contribution in [0.1, 0.15) is 17.1 Å². The topological polar surface area (TPSA) is 76.7 Å². The van der Waals surface area contributed by atoms with Gasteiger partial charge in [0.1, 0.15) is 0 Å². The van der Waals surface area contributed by atoms with Crippen LogP contribution >= 0.6 is 11.6 Å². The van der Waals surface area contributed by atoms with Crippen LogP contribution in [0.25, 0.3) is 22.5 Å². The smallest absolute Gasteiger partial charge is 0.261 e. The van der Waals surface area contributed by atoms with Gasteiger partial charge in [0.2, 0.25) is 0 Å². The average molecular weight is 366 g/mol. The second-order valence-corrected chi connectivity index (χ2v) is 6.43. The molecule has 4 aromatic rings. The van der Waals surface area contributed by atoms with Gasteiger partial charge in [0.05, 0.1) is 11.3 Å². The van der Waals surface area contributed by atoms with Crippen molar-refractivity contribution in [2.24, 2.45) is 0 Å². The summed E-state index contributed by atoms with van der Waals surface area (Å²) in [5.41, 5.74) is 4.30. The Kier molecular flexibility index (Phi) is 4.26. The Labute approximate surface area is 155 Å². The van der Waals surface area contributed by atoms with Crippen LogP contribution in [-0.2, 0) is 6.54 Å². The second-order valence-electron chi connectivity index (χ2n) is 6.00. The molecule has 0 radical (unpaired) electrons. The zero-order valence-corrected chi connectivity index (χ0v) is 15.1. The van der Waals surface area contributed by atoms with Gasteiger partial charge in [-0.15, -0.1) is 0 Å². The van der Waals surface area contributed by atoms with Crippen molar-refractivity contribution in [3.63, 3.8) is 0 Å². The molecule has 7 heteroatoms. The highest BCUT2D eigenvalue weighted by Gasteiger charge is 2.16. The van der Waals surface area contributed by atoms with E-state index in [1.54, 1.807) is 13.1 Å². The molecule has 0 atom stereocenters. The molecule has 6 nitrogen and oxygen atoms in total. The molecule has 0 unspecified atom stereocenters. The van der Waals surface area contributed by atoms with Gasteiger partial charge < -0.3 is 9.84 Å². The van der Waals surface area contributed by atoms with E-state index in [-0.39, 0.29) is 0 Å². The van der Waals surface area contributed by atoms with Gasteiger partial charge in [0, 0.05) is 28.8 Å². The highest BCUT2D eigenvalue weighted by Crippen LogP contribution is 2.32. The lowest BCUT2D eigenvalue weighted by Gasteiger charge is -2.13. The van der Waals surface area contributed by atoms with E-state index in [1.807, 2.05) is 43.3 Å². The lowest BCUT2D eigenvalue weighted by atomic mass is 10.1. The molecule has 3 heterocycles. The molecular weight excluding hydrogens is 350 g/mol. The Bertz CT molecular complexity index is 1080. The van der Waals surface area contributed by atoms with Crippen molar-refractivity contribution in [3.05, 3.63) is 64.7 Å². The van der Waals surface area contributed by atoms with Crippen molar-refractivity contribution in [3.8, 4) is 11.5 Å². The van der Waals surface area contributed by atoms with E-state index in [0.29, 0.717) is 28.9 Å². The van der Waals surface area contributed by atoms with Crippen molar-refractivity contribution < 1.29 is 4.52 Å². The van der Waals surface area contributed by atoms with Crippen LogP contribution < -0.4 is 5.32 Å². The molecule has 26 heavy (non-hydrogen) atoms. The number of rotatable bonds is 4. The van der Waals surface area contributed by atoms with E-state index >= 15 is 0 Å². The molecule has 0 bridgehead atoms. The molecule has 0 aliphatic heterocycles. The number of nitrogens with one attached hydrogen (secondary N) is 1. The largest absolute Gasteiger partial charge is 0.380 e. The van der Waals surface area contributed by atoms with E-state index in [0.717, 1.165) is 27.9 Å². The molecule has 0 amide bonds. The lowest BCUT2D eigenvalue weighted by Crippen LogP contribution is -2.03. The van der Waals surface area contributed by atoms with Gasteiger partial charge >= 0.3 is 0 Å². The van der Waals surface area contributed by atoms with E-state index in [9.17, 15) is 0 Å². The predicted octanol–water partition coefficient (Wildman–Crippen LogP) is 4.56. The number of halogens is 1. The number of hydrogen-bond acceptors (Lipinski definition) is 6. The SMILES string of the molecule is Cc1ccc2c(NCc3ccc(Cl)cc3)c(-c3nc(C)no3)cnc2n1. The minimum absolute atomic E-state index is 0.427. The summed E-state index contributed by atoms with van der Waals surface area (Å²) in [7, 11) is 0. The highest BCUT2D eigenvalue weighted by atomic mass is 35.5. The molecule has 0 saturated heterocycles. The monoisotopic (exact) mass is 365 g/mol. The Hall–Kier alpha value is -2.99. The Balaban J connectivity index is 1.79. The maximum atomic E-state index is 5.96. The average Bonchev–Trinajstić information content (AvgIpc) is 3.07. The van der Waals surface area contributed by atoms with Crippen LogP contribution in [-0.4, -0.2) is 20.1 Å². The fourth-order valence-electron chi connectivity index (χ4n) is 2.72. The van der Waals surface area contributed by atoms with Gasteiger partial charge in [-0.25, -0.2) is 9.97 Å². The summed E-state index contributed by atoms with van der Waals surface area (Å²) < 4.78 is 5.35. The molecule has 1 N–H and O–H groups in total. The summed E-state index contributed by atoms with van der Waals surface area (Å²) in [6.07, 6.45) is 1.71. The third kappa shape index (κ3) is 3.23. The van der Waals surface area contributed by atoms with Crippen LogP contribution in [0.15, 0.2) is 47.1 Å². The Morgan fingerprint density at radius 2 is 1.85 bits per heavy atom. The Morgan fingerprint density at radius 3 is 2.58 bits per heavy atom. The third-order valence-electron chi connectivity index (χ3n) is 4.01. The van der Waals surface area contributed by atoms with Gasteiger partial charge in [-0.05, 0) is 43.7 Å². The van der Waals surface area contributed by atoms with Crippen molar-refractivity contribution >= 4 is 28.3 Å². The quantitative estimate of drug-likeness (QED) is 0.571. The minimum Gasteiger partial charge on any atom is -0.380 e. The third-order valence-corrected chi connectivity index (χ3v) is 4.26. The van der Waals surface area contributed by atoms with Crippen LogP contribution in [0.2, 0.25) is 5.02 Å². The molecule has 0 aliphatic rings. The summed E-state index contributed by atoms with van der Waals surface area (Å²) in [6.45, 7) is 4.34. The molecular formula is C19H16ClN5O. The van der Waals surface area contributed by atoms with E-state index < -0.39 is 0 Å². The minimum atomic E-state index is 0.427. The molecule has 0 spiro atoms. The fourth-order valence-corrected chi connectivity index (χ4v) is 2.85. The molecule has 1 aromatic carbocycles. The van der Waals surface area contributed by atoms with Gasteiger partial charge in [-0.1, -0.05) is 28.9 Å². The number of pyridine rings is 2. The first-order valence-electron chi connectivity index (χ1n) is 8.15. The molecule has 0 fully saturated rings. The summed E-state index contributed by atoms with van der Waals surface area (Å²) >= 11 is 5.96. The first-order valence-corrected chi connectivity index (χ1v) is 8.53. The van der Waals surface area contributed by atoms with Crippen molar-refractivity contribution in [1.82, 2.24) is 20.1 Å². The predicted molar refractivity (Wildman–Crippen MR) is 101 cm³/mol. The summed E-state index contributed by atoms with van der Waals surface area (Å²) in [5.74, 6) is 1.00. The first-order chi connectivity index (χ1) is 12.6. The van der Waals surface area contributed by atoms with Gasteiger partial charge in [-0.3, -0.25) is 0 Å². The summed E-state index contributed by atoms with van der Waals surface area (Å²) in [6, 6.07) is 11.7. The number of aryl methyl sites for hydroxylation is 2. The van der Waals surface area contributed by atoms with E-state index in [1.165, 1.54) is 0 Å². The summed E-state index contributed by atoms with van der Waals surface area (Å²) in [5, 5.41) is 8.97. The standard InChI is InChI=1S/C19H16ClN5O/c1-11-3-8-15-17(21-9-13-4-6-14(20)7-5-13)16(10-22-18(15)23-11)19-24-12(2)25-26-19/h3-8,10H,9H2,1-2H3,(H,21,22,23). The number of aromatic nitrogens is 4. The summed E-state index contributed by atoms with van der Waals surface area (Å²) in [4.78, 5) is 13.3. The van der Waals surface area contributed by atoms with Crippen molar-refractivity contribution in [1.29, 1.82) is 0 Å². The second kappa shape index (κ2) is 6.72. The zero-order valence-electron chi connectivity index (χ0n) is 14.3. The van der Waals surface area contributed by atoms with Gasteiger partial charge in [0.15, 0.2) is 11.5 Å². The van der Waals surface area contributed by atoms with Crippen LogP contribution in [0.4, 0.5) is 5.69 Å². The molecule has 0 aliphatic carbocycles. The molecule has 0 saturated carbocycles. The number of hydrogen-bond donors (Lipinski definition) is 1. The van der Waals surface area contributed by atoms with Crippen LogP contribution in [0.3, 0.4) is 0 Å². The molecule has 130 valence electrons. The van der Waals surface area contributed by atoms with Crippen LogP contribution in [0.5, 0.6) is 0 Å². The van der Waals surface area contributed by atoms with E-state index in [4.69, 9.17) is 16.1 Å². The molecule has 4 rings (SSSR count). The maximum absolute atomic E-state index is 5.96. The lowest BCUT2D eigenvalue weighted by molar-refractivity contribution is 0.425. The first kappa shape index (κ1) is 16.5. The van der Waals surface area contributed by atoms with Gasteiger partial charge in [-0.2, -0.15) is 4.98 Å². The van der Waals surface area contributed by atoms with Crippen LogP contribution in [0, 0.1) is 13.8 Å². The Morgan fingerprint density at radius 1 is 1.04 bits per heavy atom. The van der Waals surface area contributed by atoms with Gasteiger partial charge in [0.25, 0.3) is 5.89 Å². The van der Waals surface area contributed by atoms with Crippen molar-refractivity contribution in [2.45, 2.75) is 20.4 Å². The van der Waals surface area contributed by atoms with Crippen molar-refractivity contribution in [2.75, 3.05) is 5.32 Å². The molecule has 3 aromatic heterocycles. The fraction of sp³-hybridized carbons (Fsp3) is 0.158. The van der Waals surface area contributed by atoms with E-state index in [2.05, 4.69) is 25.4 Å². The number of nitrogens with zero attached hydrogens (tertiary/aromatic N) is 4. The number of benzene rings is 1. The zero-order chi connectivity index (χ0) is 18.1.